The van der Waals surface area contributed by atoms with Crippen LogP contribution in [0.1, 0.15) is 74.2 Å². The molecule has 2 aromatic rings. The Kier molecular flexibility index (Phi) is 7.49. The lowest BCUT2D eigenvalue weighted by atomic mass is 9.79. The van der Waals surface area contributed by atoms with Gasteiger partial charge in [0.05, 0.1) is 12.0 Å². The number of aryl methyl sites for hydroxylation is 1. The van der Waals surface area contributed by atoms with Gasteiger partial charge in [0.25, 0.3) is 5.91 Å². The monoisotopic (exact) mass is 442 g/mol. The Labute approximate surface area is 186 Å². The SMILES string of the molecule is CCCCc1ccc(-c2csc(NC(=O)CC3(CC(=O)O)CCCC3)c2C(N)=O)cc1. The fraction of sp³-hybridized carbons (Fsp3) is 0.458. The van der Waals surface area contributed by atoms with Gasteiger partial charge in [0, 0.05) is 17.4 Å². The van der Waals surface area contributed by atoms with Gasteiger partial charge in [-0.05, 0) is 42.2 Å². The van der Waals surface area contributed by atoms with E-state index in [0.29, 0.717) is 16.1 Å². The fourth-order valence-corrected chi connectivity index (χ4v) is 5.50. The highest BCUT2D eigenvalue weighted by molar-refractivity contribution is 7.15. The van der Waals surface area contributed by atoms with Crippen LogP contribution in [0, 0.1) is 5.41 Å². The molecule has 1 aliphatic rings. The number of carboxylic acid groups (broad SMARTS) is 1. The molecule has 4 N–H and O–H groups in total. The first-order chi connectivity index (χ1) is 14.8. The van der Waals surface area contributed by atoms with Gasteiger partial charge in [0.1, 0.15) is 5.00 Å². The molecule has 1 fully saturated rings. The Morgan fingerprint density at radius 1 is 1.13 bits per heavy atom. The van der Waals surface area contributed by atoms with E-state index in [9.17, 15) is 19.5 Å². The van der Waals surface area contributed by atoms with Gasteiger partial charge in [-0.15, -0.1) is 11.3 Å². The van der Waals surface area contributed by atoms with Gasteiger partial charge in [-0.2, -0.15) is 0 Å². The second-order valence-corrected chi connectivity index (χ2v) is 9.40. The molecule has 1 saturated carbocycles. The Bertz CT molecular complexity index is 943. The number of nitrogens with one attached hydrogen (secondary N) is 1. The smallest absolute Gasteiger partial charge is 0.303 e. The van der Waals surface area contributed by atoms with E-state index >= 15 is 0 Å². The van der Waals surface area contributed by atoms with Crippen molar-refractivity contribution in [3.8, 4) is 11.1 Å². The standard InChI is InChI=1S/C24H30N2O4S/c1-2-3-6-16-7-9-17(10-8-16)18-15-31-23(21(18)22(25)30)26-19(27)13-24(14-20(28)29)11-4-5-12-24/h7-10,15H,2-6,11-14H2,1H3,(H2,25,30)(H,26,27)(H,28,29). The number of aliphatic carboxylic acids is 1. The van der Waals surface area contributed by atoms with E-state index in [2.05, 4.69) is 24.4 Å². The molecule has 1 heterocycles. The molecule has 166 valence electrons. The zero-order valence-corrected chi connectivity index (χ0v) is 18.7. The molecule has 0 bridgehead atoms. The first-order valence-electron chi connectivity index (χ1n) is 10.9. The number of rotatable bonds is 10. The van der Waals surface area contributed by atoms with Gasteiger partial charge in [-0.25, -0.2) is 0 Å². The average Bonchev–Trinajstić information content (AvgIpc) is 3.33. The molecule has 0 spiro atoms. The second-order valence-electron chi connectivity index (χ2n) is 8.52. The number of hydrogen-bond donors (Lipinski definition) is 3. The van der Waals surface area contributed by atoms with Gasteiger partial charge >= 0.3 is 5.97 Å². The van der Waals surface area contributed by atoms with Gasteiger partial charge in [0.15, 0.2) is 0 Å². The highest BCUT2D eigenvalue weighted by Gasteiger charge is 2.38. The summed E-state index contributed by atoms with van der Waals surface area (Å²) in [6.45, 7) is 2.16. The second kappa shape index (κ2) is 10.1. The summed E-state index contributed by atoms with van der Waals surface area (Å²) in [5, 5.41) is 14.4. The maximum Gasteiger partial charge on any atom is 0.303 e. The topological polar surface area (TPSA) is 109 Å². The summed E-state index contributed by atoms with van der Waals surface area (Å²) in [7, 11) is 0. The van der Waals surface area contributed by atoms with Gasteiger partial charge in [-0.3, -0.25) is 14.4 Å². The van der Waals surface area contributed by atoms with Crippen molar-refractivity contribution < 1.29 is 19.5 Å². The van der Waals surface area contributed by atoms with E-state index < -0.39 is 17.3 Å². The molecule has 0 aliphatic heterocycles. The molecule has 7 heteroatoms. The summed E-state index contributed by atoms with van der Waals surface area (Å²) in [5.74, 6) is -1.75. The van der Waals surface area contributed by atoms with Gasteiger partial charge in [-0.1, -0.05) is 50.5 Å². The van der Waals surface area contributed by atoms with Crippen LogP contribution in [0.5, 0.6) is 0 Å². The van der Waals surface area contributed by atoms with Gasteiger partial charge < -0.3 is 16.2 Å². The van der Waals surface area contributed by atoms with Crippen LogP contribution in [0.15, 0.2) is 29.6 Å². The number of benzene rings is 1. The summed E-state index contributed by atoms with van der Waals surface area (Å²) in [5.41, 5.74) is 8.29. The third-order valence-corrected chi connectivity index (χ3v) is 7.00. The zero-order chi connectivity index (χ0) is 22.4. The maximum absolute atomic E-state index is 12.8. The normalized spacial score (nSPS) is 15.0. The Morgan fingerprint density at radius 3 is 2.39 bits per heavy atom. The molecule has 0 unspecified atom stereocenters. The summed E-state index contributed by atoms with van der Waals surface area (Å²) in [6, 6.07) is 8.07. The van der Waals surface area contributed by atoms with E-state index in [1.165, 1.54) is 16.9 Å². The number of amides is 2. The van der Waals surface area contributed by atoms with Gasteiger partial charge in [0.2, 0.25) is 5.91 Å². The molecule has 31 heavy (non-hydrogen) atoms. The number of primary amides is 1. The predicted octanol–water partition coefficient (Wildman–Crippen LogP) is 5.22. The lowest BCUT2D eigenvalue weighted by molar-refractivity contribution is -0.140. The first-order valence-corrected chi connectivity index (χ1v) is 11.7. The average molecular weight is 443 g/mol. The van der Waals surface area contributed by atoms with Crippen molar-refractivity contribution in [2.24, 2.45) is 11.1 Å². The van der Waals surface area contributed by atoms with Crippen LogP contribution in [-0.4, -0.2) is 22.9 Å². The molecular weight excluding hydrogens is 412 g/mol. The van der Waals surface area contributed by atoms with E-state index in [4.69, 9.17) is 5.73 Å². The minimum absolute atomic E-state index is 0.0107. The van der Waals surface area contributed by atoms with E-state index in [-0.39, 0.29) is 18.7 Å². The fourth-order valence-electron chi connectivity index (χ4n) is 4.51. The molecule has 3 rings (SSSR count). The van der Waals surface area contributed by atoms with Crippen molar-refractivity contribution in [1.29, 1.82) is 0 Å². The molecule has 6 nitrogen and oxygen atoms in total. The Morgan fingerprint density at radius 2 is 1.81 bits per heavy atom. The Balaban J connectivity index is 1.78. The number of carboxylic acids is 1. The van der Waals surface area contributed by atoms with E-state index in [1.54, 1.807) is 0 Å². The zero-order valence-electron chi connectivity index (χ0n) is 17.9. The summed E-state index contributed by atoms with van der Waals surface area (Å²) < 4.78 is 0. The summed E-state index contributed by atoms with van der Waals surface area (Å²) in [6.07, 6.45) is 6.74. The number of hydrogen-bond acceptors (Lipinski definition) is 4. The minimum Gasteiger partial charge on any atom is -0.481 e. The van der Waals surface area contributed by atoms with E-state index in [0.717, 1.165) is 50.5 Å². The quantitative estimate of drug-likeness (QED) is 0.468. The molecule has 0 atom stereocenters. The van der Waals surface area contributed by atoms with Crippen LogP contribution in [0.25, 0.3) is 11.1 Å². The molecule has 0 saturated heterocycles. The first kappa shape index (κ1) is 23.0. The number of nitrogens with two attached hydrogens (primary N) is 1. The van der Waals surface area contributed by atoms with Crippen molar-refractivity contribution >= 4 is 34.1 Å². The number of carbonyl (C=O) groups is 3. The highest BCUT2D eigenvalue weighted by Crippen LogP contribution is 2.44. The highest BCUT2D eigenvalue weighted by atomic mass is 32.1. The van der Waals surface area contributed by atoms with Crippen molar-refractivity contribution in [1.82, 2.24) is 0 Å². The third-order valence-electron chi connectivity index (χ3n) is 6.10. The van der Waals surface area contributed by atoms with Crippen LogP contribution >= 0.6 is 11.3 Å². The predicted molar refractivity (Wildman–Crippen MR) is 123 cm³/mol. The molecule has 2 amide bonds. The molecule has 0 radical (unpaired) electrons. The molecule has 1 aliphatic carbocycles. The largest absolute Gasteiger partial charge is 0.481 e. The summed E-state index contributed by atoms with van der Waals surface area (Å²) in [4.78, 5) is 36.3. The van der Waals surface area contributed by atoms with Crippen molar-refractivity contribution in [3.05, 3.63) is 40.8 Å². The molecule has 1 aromatic heterocycles. The van der Waals surface area contributed by atoms with Crippen LogP contribution in [0.2, 0.25) is 0 Å². The maximum atomic E-state index is 12.8. The third kappa shape index (κ3) is 5.73. The number of anilines is 1. The molecular formula is C24H30N2O4S. The Hall–Kier alpha value is -2.67. The van der Waals surface area contributed by atoms with Crippen LogP contribution in [-0.2, 0) is 16.0 Å². The van der Waals surface area contributed by atoms with Crippen LogP contribution in [0.4, 0.5) is 5.00 Å². The number of carbonyl (C=O) groups excluding carboxylic acids is 2. The summed E-state index contributed by atoms with van der Waals surface area (Å²) >= 11 is 1.27. The lowest BCUT2D eigenvalue weighted by Gasteiger charge is -2.26. The van der Waals surface area contributed by atoms with E-state index in [1.807, 2.05) is 17.5 Å². The molecule has 1 aromatic carbocycles. The van der Waals surface area contributed by atoms with Crippen molar-refractivity contribution in [2.45, 2.75) is 64.7 Å². The van der Waals surface area contributed by atoms with Crippen LogP contribution in [0.3, 0.4) is 0 Å². The number of thiophene rings is 1. The van der Waals surface area contributed by atoms with Crippen molar-refractivity contribution in [3.63, 3.8) is 0 Å². The number of unbranched alkanes of at least 4 members (excludes halogenated alkanes) is 1. The minimum atomic E-state index is -0.881. The van der Waals surface area contributed by atoms with Crippen LogP contribution < -0.4 is 11.1 Å². The lowest BCUT2D eigenvalue weighted by Crippen LogP contribution is -2.28. The van der Waals surface area contributed by atoms with Crippen molar-refractivity contribution in [2.75, 3.05) is 5.32 Å².